The lowest BCUT2D eigenvalue weighted by Crippen LogP contribution is -2.19. The van der Waals surface area contributed by atoms with E-state index in [0.29, 0.717) is 6.79 Å². The fraction of sp³-hybridized carbons (Fsp3) is 0.933. The van der Waals surface area contributed by atoms with Gasteiger partial charge in [0.15, 0.2) is 13.1 Å². The second-order valence-electron chi connectivity index (χ2n) is 9.70. The highest BCUT2D eigenvalue weighted by atomic mass is 16.7. The zero-order valence-electron chi connectivity index (χ0n) is 23.3. The van der Waals surface area contributed by atoms with Crippen LogP contribution in [0.2, 0.25) is 0 Å². The fourth-order valence-electron chi connectivity index (χ4n) is 4.11. The standard InChI is InChI=1S/C30H60O4/c1-4-6-8-10-12-14-19-23-27-33-30(25-21-17-16-18-22-26-32-29-31-3)34-28-24-20-15-13-11-9-7-5-2/h22,26,30H,4-21,23-25,27-29H2,1-3H3. The highest BCUT2D eigenvalue weighted by molar-refractivity contribution is 4.72. The van der Waals surface area contributed by atoms with E-state index in [1.165, 1.54) is 103 Å². The van der Waals surface area contributed by atoms with Crippen molar-refractivity contribution in [2.75, 3.05) is 27.1 Å². The normalized spacial score (nSPS) is 11.8. The van der Waals surface area contributed by atoms with Gasteiger partial charge in [-0.05, 0) is 44.6 Å². The van der Waals surface area contributed by atoms with Crippen LogP contribution >= 0.6 is 0 Å². The van der Waals surface area contributed by atoms with E-state index >= 15 is 0 Å². The van der Waals surface area contributed by atoms with Crippen molar-refractivity contribution in [1.82, 2.24) is 0 Å². The maximum atomic E-state index is 6.16. The van der Waals surface area contributed by atoms with Crippen LogP contribution in [0.3, 0.4) is 0 Å². The van der Waals surface area contributed by atoms with Gasteiger partial charge >= 0.3 is 0 Å². The van der Waals surface area contributed by atoms with Crippen molar-refractivity contribution in [3.05, 3.63) is 12.3 Å². The Morgan fingerprint density at radius 1 is 0.559 bits per heavy atom. The molecule has 4 heteroatoms. The van der Waals surface area contributed by atoms with Crippen molar-refractivity contribution in [2.24, 2.45) is 0 Å². The highest BCUT2D eigenvalue weighted by Crippen LogP contribution is 2.14. The lowest BCUT2D eigenvalue weighted by atomic mass is 10.1. The number of rotatable bonds is 29. The molecule has 0 amide bonds. The molecule has 0 saturated heterocycles. The smallest absolute Gasteiger partial charge is 0.187 e. The molecule has 0 rings (SSSR count). The molecule has 0 aromatic carbocycles. The Hall–Kier alpha value is -0.580. The SMILES string of the molecule is CCCCCCCCCCOC(CCCCCC=COCOC)OCCCCCCCCCC. The summed E-state index contributed by atoms with van der Waals surface area (Å²) < 4.78 is 22.4. The van der Waals surface area contributed by atoms with Gasteiger partial charge in [0, 0.05) is 20.3 Å². The maximum absolute atomic E-state index is 6.16. The first-order chi connectivity index (χ1) is 16.8. The van der Waals surface area contributed by atoms with Gasteiger partial charge in [0.1, 0.15) is 0 Å². The van der Waals surface area contributed by atoms with Gasteiger partial charge in [0.25, 0.3) is 0 Å². The molecule has 0 heterocycles. The van der Waals surface area contributed by atoms with Crippen molar-refractivity contribution < 1.29 is 18.9 Å². The van der Waals surface area contributed by atoms with Gasteiger partial charge in [-0.2, -0.15) is 0 Å². The van der Waals surface area contributed by atoms with Gasteiger partial charge in [0.05, 0.1) is 6.26 Å². The van der Waals surface area contributed by atoms with Crippen molar-refractivity contribution in [1.29, 1.82) is 0 Å². The zero-order chi connectivity index (χ0) is 24.8. The first-order valence-electron chi connectivity index (χ1n) is 14.8. The summed E-state index contributed by atoms with van der Waals surface area (Å²) in [5, 5.41) is 0. The van der Waals surface area contributed by atoms with Gasteiger partial charge < -0.3 is 18.9 Å². The molecule has 0 aliphatic heterocycles. The Balaban J connectivity index is 3.90. The van der Waals surface area contributed by atoms with E-state index in [9.17, 15) is 0 Å². The molecule has 0 radical (unpaired) electrons. The number of methoxy groups -OCH3 is 1. The monoisotopic (exact) mass is 484 g/mol. The molecule has 0 aromatic heterocycles. The third-order valence-corrected chi connectivity index (χ3v) is 6.29. The lowest BCUT2D eigenvalue weighted by Gasteiger charge is -2.19. The van der Waals surface area contributed by atoms with Crippen LogP contribution in [0.15, 0.2) is 12.3 Å². The number of allylic oxidation sites excluding steroid dienone is 1. The van der Waals surface area contributed by atoms with Crippen LogP contribution in [0.5, 0.6) is 0 Å². The van der Waals surface area contributed by atoms with E-state index in [0.717, 1.165) is 45.3 Å². The lowest BCUT2D eigenvalue weighted by molar-refractivity contribution is -0.148. The summed E-state index contributed by atoms with van der Waals surface area (Å²) in [7, 11) is 1.64. The molecule has 0 aromatic rings. The quantitative estimate of drug-likeness (QED) is 0.0601. The number of hydrogen-bond donors (Lipinski definition) is 0. The molecule has 0 atom stereocenters. The van der Waals surface area contributed by atoms with Crippen LogP contribution in [0.1, 0.15) is 149 Å². The van der Waals surface area contributed by atoms with Gasteiger partial charge in [-0.3, -0.25) is 0 Å². The van der Waals surface area contributed by atoms with E-state index in [1.54, 1.807) is 13.4 Å². The van der Waals surface area contributed by atoms with E-state index in [-0.39, 0.29) is 6.29 Å². The summed E-state index contributed by atoms with van der Waals surface area (Å²) in [6, 6.07) is 0. The topological polar surface area (TPSA) is 36.9 Å². The first kappa shape index (κ1) is 33.4. The molecule has 0 unspecified atom stereocenters. The van der Waals surface area contributed by atoms with E-state index in [2.05, 4.69) is 19.9 Å². The molecular formula is C30H60O4. The molecule has 0 aliphatic carbocycles. The Morgan fingerprint density at radius 3 is 1.53 bits per heavy atom. The van der Waals surface area contributed by atoms with Crippen LogP contribution in [-0.2, 0) is 18.9 Å². The highest BCUT2D eigenvalue weighted by Gasteiger charge is 2.09. The van der Waals surface area contributed by atoms with Crippen LogP contribution in [0, 0.1) is 0 Å². The maximum Gasteiger partial charge on any atom is 0.187 e. The summed E-state index contributed by atoms with van der Waals surface area (Å²) in [4.78, 5) is 0. The Kier molecular flexibility index (Phi) is 29.9. The summed E-state index contributed by atoms with van der Waals surface area (Å²) in [6.45, 7) is 6.57. The van der Waals surface area contributed by atoms with Gasteiger partial charge in [-0.25, -0.2) is 0 Å². The Morgan fingerprint density at radius 2 is 1.03 bits per heavy atom. The Labute approximate surface area is 213 Å². The average molecular weight is 485 g/mol. The number of unbranched alkanes of at least 4 members (excludes halogenated alkanes) is 17. The molecule has 0 fully saturated rings. The predicted molar refractivity (Wildman–Crippen MR) is 146 cm³/mol. The molecule has 0 aliphatic rings. The minimum Gasteiger partial charge on any atom is -0.476 e. The van der Waals surface area contributed by atoms with Crippen molar-refractivity contribution in [2.45, 2.75) is 155 Å². The number of ether oxygens (including phenoxy) is 4. The molecule has 204 valence electrons. The summed E-state index contributed by atoms with van der Waals surface area (Å²) in [6.07, 6.45) is 30.8. The molecule has 34 heavy (non-hydrogen) atoms. The molecule has 0 spiro atoms. The zero-order valence-corrected chi connectivity index (χ0v) is 23.3. The Bertz CT molecular complexity index is 364. The molecule has 0 bridgehead atoms. The minimum absolute atomic E-state index is 0.0188. The van der Waals surface area contributed by atoms with Crippen LogP contribution < -0.4 is 0 Å². The van der Waals surface area contributed by atoms with E-state index in [1.807, 2.05) is 0 Å². The molecule has 0 saturated carbocycles. The van der Waals surface area contributed by atoms with E-state index in [4.69, 9.17) is 18.9 Å². The van der Waals surface area contributed by atoms with Crippen molar-refractivity contribution >= 4 is 0 Å². The summed E-state index contributed by atoms with van der Waals surface area (Å²) >= 11 is 0. The minimum atomic E-state index is -0.0188. The second-order valence-corrected chi connectivity index (χ2v) is 9.70. The van der Waals surface area contributed by atoms with Crippen LogP contribution in [-0.4, -0.2) is 33.4 Å². The van der Waals surface area contributed by atoms with Crippen LogP contribution in [0.4, 0.5) is 0 Å². The third-order valence-electron chi connectivity index (χ3n) is 6.29. The van der Waals surface area contributed by atoms with Crippen molar-refractivity contribution in [3.63, 3.8) is 0 Å². The van der Waals surface area contributed by atoms with Crippen LogP contribution in [0.25, 0.3) is 0 Å². The summed E-state index contributed by atoms with van der Waals surface area (Å²) in [5.74, 6) is 0. The largest absolute Gasteiger partial charge is 0.476 e. The van der Waals surface area contributed by atoms with Gasteiger partial charge in [0.2, 0.25) is 0 Å². The average Bonchev–Trinajstić information content (AvgIpc) is 2.85. The fourth-order valence-corrected chi connectivity index (χ4v) is 4.11. The van der Waals surface area contributed by atoms with Gasteiger partial charge in [-0.15, -0.1) is 0 Å². The molecular weight excluding hydrogens is 424 g/mol. The number of hydrogen-bond acceptors (Lipinski definition) is 4. The molecule has 4 nitrogen and oxygen atoms in total. The first-order valence-corrected chi connectivity index (χ1v) is 14.8. The second kappa shape index (κ2) is 30.5. The molecule has 0 N–H and O–H groups in total. The van der Waals surface area contributed by atoms with E-state index < -0.39 is 0 Å². The third kappa shape index (κ3) is 27.7. The van der Waals surface area contributed by atoms with Crippen molar-refractivity contribution in [3.8, 4) is 0 Å². The summed E-state index contributed by atoms with van der Waals surface area (Å²) in [5.41, 5.74) is 0. The predicted octanol–water partition coefficient (Wildman–Crippen LogP) is 9.71. The van der Waals surface area contributed by atoms with Gasteiger partial charge in [-0.1, -0.05) is 110 Å².